The number of nitrogens with one attached hydrogen (secondary N) is 1. The minimum atomic E-state index is -1.04. The number of nitrogens with zero attached hydrogens (tertiary/aromatic N) is 2. The summed E-state index contributed by atoms with van der Waals surface area (Å²) >= 11 is 0. The summed E-state index contributed by atoms with van der Waals surface area (Å²) < 4.78 is 5.05. The third-order valence-corrected chi connectivity index (χ3v) is 4.39. The number of hydrogen-bond donors (Lipinski definition) is 2. The van der Waals surface area contributed by atoms with E-state index in [0.717, 1.165) is 5.56 Å². The topological polar surface area (TPSA) is 95.5 Å². The molecule has 2 N–H and O–H groups in total. The van der Waals surface area contributed by atoms with Gasteiger partial charge in [-0.05, 0) is 12.5 Å². The van der Waals surface area contributed by atoms with Crippen LogP contribution in [-0.2, 0) is 9.53 Å². The standard InChI is InChI=1S/C17H19N3O4/c1-24-11-17(16(22)23)7-8-20(10-17)15(21)14-9-13(18-19-14)12-5-3-2-4-6-12/h2-6,9H,7-8,10-11H2,1H3,(H,18,19)(H,22,23). The Hall–Kier alpha value is -2.67. The predicted octanol–water partition coefficient (Wildman–Crippen LogP) is 1.64. The van der Waals surface area contributed by atoms with Gasteiger partial charge in [-0.2, -0.15) is 5.10 Å². The number of rotatable bonds is 5. The molecule has 1 fully saturated rings. The molecule has 1 saturated heterocycles. The fourth-order valence-electron chi connectivity index (χ4n) is 3.03. The number of likely N-dealkylation sites (tertiary alicyclic amines) is 1. The number of ether oxygens (including phenoxy) is 1. The fraction of sp³-hybridized carbons (Fsp3) is 0.353. The molecule has 3 rings (SSSR count). The van der Waals surface area contributed by atoms with Gasteiger partial charge in [0.25, 0.3) is 5.91 Å². The normalized spacial score (nSPS) is 20.3. The molecule has 1 amide bonds. The van der Waals surface area contributed by atoms with Crippen LogP contribution in [0.1, 0.15) is 16.9 Å². The monoisotopic (exact) mass is 329 g/mol. The van der Waals surface area contributed by atoms with Crippen molar-refractivity contribution in [2.75, 3.05) is 26.8 Å². The van der Waals surface area contributed by atoms with Crippen LogP contribution in [0.25, 0.3) is 11.3 Å². The second-order valence-corrected chi connectivity index (χ2v) is 6.03. The summed E-state index contributed by atoms with van der Waals surface area (Å²) in [6.07, 6.45) is 0.377. The first-order chi connectivity index (χ1) is 11.6. The molecule has 1 unspecified atom stereocenters. The molecule has 0 aliphatic carbocycles. The molecule has 0 saturated carbocycles. The zero-order valence-electron chi connectivity index (χ0n) is 13.4. The SMILES string of the molecule is COCC1(C(=O)O)CCN(C(=O)c2cc(-c3ccccc3)n[nH]2)C1. The van der Waals surface area contributed by atoms with Crippen molar-refractivity contribution in [1.29, 1.82) is 0 Å². The third-order valence-electron chi connectivity index (χ3n) is 4.39. The van der Waals surface area contributed by atoms with Gasteiger partial charge in [-0.25, -0.2) is 0 Å². The summed E-state index contributed by atoms with van der Waals surface area (Å²) in [6.45, 7) is 0.604. The lowest BCUT2D eigenvalue weighted by atomic mass is 9.88. The number of benzene rings is 1. The number of carboxylic acids is 1. The molecule has 0 spiro atoms. The van der Waals surface area contributed by atoms with Gasteiger partial charge in [-0.3, -0.25) is 14.7 Å². The number of hydrogen-bond acceptors (Lipinski definition) is 4. The first-order valence-corrected chi connectivity index (χ1v) is 7.68. The molecule has 1 aromatic carbocycles. The van der Waals surface area contributed by atoms with E-state index in [1.54, 1.807) is 6.07 Å². The maximum atomic E-state index is 12.6. The maximum absolute atomic E-state index is 12.6. The highest BCUT2D eigenvalue weighted by Crippen LogP contribution is 2.32. The molecule has 1 aliphatic rings. The number of aromatic amines is 1. The number of methoxy groups -OCH3 is 1. The Balaban J connectivity index is 1.76. The van der Waals surface area contributed by atoms with E-state index < -0.39 is 11.4 Å². The van der Waals surface area contributed by atoms with Crippen molar-refractivity contribution >= 4 is 11.9 Å². The Morgan fingerprint density at radius 3 is 2.79 bits per heavy atom. The number of carbonyl (C=O) groups excluding carboxylic acids is 1. The lowest BCUT2D eigenvalue weighted by Crippen LogP contribution is -2.40. The van der Waals surface area contributed by atoms with Crippen LogP contribution in [0.2, 0.25) is 0 Å². The van der Waals surface area contributed by atoms with Crippen LogP contribution >= 0.6 is 0 Å². The summed E-state index contributed by atoms with van der Waals surface area (Å²) in [5.41, 5.74) is 0.910. The Morgan fingerprint density at radius 1 is 1.38 bits per heavy atom. The highest BCUT2D eigenvalue weighted by molar-refractivity contribution is 5.94. The average Bonchev–Trinajstić information content (AvgIpc) is 3.23. The first-order valence-electron chi connectivity index (χ1n) is 7.68. The highest BCUT2D eigenvalue weighted by atomic mass is 16.5. The van der Waals surface area contributed by atoms with Gasteiger partial charge < -0.3 is 14.7 Å². The number of carbonyl (C=O) groups is 2. The lowest BCUT2D eigenvalue weighted by Gasteiger charge is -2.23. The number of H-pyrrole nitrogens is 1. The minimum absolute atomic E-state index is 0.0877. The van der Waals surface area contributed by atoms with Crippen molar-refractivity contribution in [2.24, 2.45) is 5.41 Å². The van der Waals surface area contributed by atoms with Gasteiger partial charge >= 0.3 is 5.97 Å². The molecule has 1 aromatic heterocycles. The van der Waals surface area contributed by atoms with E-state index in [0.29, 0.717) is 24.4 Å². The predicted molar refractivity (Wildman–Crippen MR) is 86.5 cm³/mol. The third kappa shape index (κ3) is 2.90. The van der Waals surface area contributed by atoms with Crippen molar-refractivity contribution in [3.63, 3.8) is 0 Å². The van der Waals surface area contributed by atoms with Gasteiger partial charge in [0.1, 0.15) is 11.1 Å². The van der Waals surface area contributed by atoms with Crippen molar-refractivity contribution < 1.29 is 19.4 Å². The molecule has 1 atom stereocenters. The van der Waals surface area contributed by atoms with E-state index in [1.807, 2.05) is 30.3 Å². The molecule has 2 heterocycles. The van der Waals surface area contributed by atoms with Crippen molar-refractivity contribution in [3.05, 3.63) is 42.1 Å². The number of aromatic nitrogens is 2. The van der Waals surface area contributed by atoms with Crippen LogP contribution in [0, 0.1) is 5.41 Å². The van der Waals surface area contributed by atoms with Gasteiger partial charge in [-0.15, -0.1) is 0 Å². The number of aliphatic carboxylic acids is 1. The Morgan fingerprint density at radius 2 is 2.12 bits per heavy atom. The Kier molecular flexibility index (Phi) is 4.35. The van der Waals surface area contributed by atoms with Gasteiger partial charge in [0.2, 0.25) is 0 Å². The molecule has 126 valence electrons. The van der Waals surface area contributed by atoms with Crippen molar-refractivity contribution in [3.8, 4) is 11.3 Å². The van der Waals surface area contributed by atoms with Gasteiger partial charge in [0.15, 0.2) is 0 Å². The second kappa shape index (κ2) is 6.45. The van der Waals surface area contributed by atoms with E-state index in [1.165, 1.54) is 12.0 Å². The molecular formula is C17H19N3O4. The zero-order chi connectivity index (χ0) is 17.2. The lowest BCUT2D eigenvalue weighted by molar-refractivity contribution is -0.151. The van der Waals surface area contributed by atoms with Crippen LogP contribution in [0.3, 0.4) is 0 Å². The van der Waals surface area contributed by atoms with Crippen LogP contribution in [0.15, 0.2) is 36.4 Å². The van der Waals surface area contributed by atoms with Crippen LogP contribution in [0.4, 0.5) is 0 Å². The zero-order valence-corrected chi connectivity index (χ0v) is 13.4. The van der Waals surface area contributed by atoms with E-state index in [4.69, 9.17) is 4.74 Å². The van der Waals surface area contributed by atoms with Gasteiger partial charge in [0.05, 0.1) is 12.3 Å². The van der Waals surface area contributed by atoms with Gasteiger partial charge in [0, 0.05) is 25.8 Å². The van der Waals surface area contributed by atoms with Crippen LogP contribution < -0.4 is 0 Å². The van der Waals surface area contributed by atoms with Crippen LogP contribution in [-0.4, -0.2) is 58.9 Å². The largest absolute Gasteiger partial charge is 0.481 e. The van der Waals surface area contributed by atoms with Crippen molar-refractivity contribution in [2.45, 2.75) is 6.42 Å². The molecular weight excluding hydrogens is 310 g/mol. The number of amides is 1. The fourth-order valence-corrected chi connectivity index (χ4v) is 3.03. The summed E-state index contributed by atoms with van der Waals surface area (Å²) in [6, 6.07) is 11.2. The molecule has 2 aromatic rings. The molecule has 7 nitrogen and oxygen atoms in total. The molecule has 1 aliphatic heterocycles. The Labute approximate surface area is 139 Å². The second-order valence-electron chi connectivity index (χ2n) is 6.03. The van der Waals surface area contributed by atoms with E-state index in [2.05, 4.69) is 10.2 Å². The molecule has 24 heavy (non-hydrogen) atoms. The molecule has 0 bridgehead atoms. The summed E-state index contributed by atoms with van der Waals surface area (Å²) in [5.74, 6) is -1.18. The minimum Gasteiger partial charge on any atom is -0.481 e. The summed E-state index contributed by atoms with van der Waals surface area (Å²) in [4.78, 5) is 25.7. The van der Waals surface area contributed by atoms with Crippen molar-refractivity contribution in [1.82, 2.24) is 15.1 Å². The first kappa shape index (κ1) is 16.2. The Bertz CT molecular complexity index is 743. The summed E-state index contributed by atoms with van der Waals surface area (Å²) in [7, 11) is 1.47. The molecule has 0 radical (unpaired) electrons. The van der Waals surface area contributed by atoms with E-state index in [9.17, 15) is 14.7 Å². The maximum Gasteiger partial charge on any atom is 0.313 e. The number of carboxylic acid groups (broad SMARTS) is 1. The van der Waals surface area contributed by atoms with E-state index >= 15 is 0 Å². The average molecular weight is 329 g/mol. The highest BCUT2D eigenvalue weighted by Gasteiger charge is 2.46. The van der Waals surface area contributed by atoms with Gasteiger partial charge in [-0.1, -0.05) is 30.3 Å². The van der Waals surface area contributed by atoms with Crippen LogP contribution in [0.5, 0.6) is 0 Å². The van der Waals surface area contributed by atoms with E-state index in [-0.39, 0.29) is 19.1 Å². The smallest absolute Gasteiger partial charge is 0.313 e. The molecule has 7 heteroatoms. The quantitative estimate of drug-likeness (QED) is 0.869. The summed E-state index contributed by atoms with van der Waals surface area (Å²) in [5, 5.41) is 16.4.